The summed E-state index contributed by atoms with van der Waals surface area (Å²) in [5, 5.41) is 9.99. The molecule has 0 saturated carbocycles. The number of hydrogen-bond donors (Lipinski definition) is 1. The van der Waals surface area contributed by atoms with Crippen LogP contribution in [0.25, 0.3) is 0 Å². The van der Waals surface area contributed by atoms with E-state index in [4.69, 9.17) is 4.74 Å². The fourth-order valence-corrected chi connectivity index (χ4v) is 5.23. The molecule has 1 aromatic carbocycles. The Morgan fingerprint density at radius 3 is 2.80 bits per heavy atom. The van der Waals surface area contributed by atoms with Gasteiger partial charge < -0.3 is 19.6 Å². The zero-order chi connectivity index (χ0) is 17.6. The fourth-order valence-electron chi connectivity index (χ4n) is 4.85. The van der Waals surface area contributed by atoms with Gasteiger partial charge in [0.05, 0.1) is 18.7 Å². The molecule has 136 valence electrons. The number of aliphatic hydroxyl groups is 1. The molecule has 0 bridgehead atoms. The zero-order valence-corrected chi connectivity index (χ0v) is 16.1. The van der Waals surface area contributed by atoms with E-state index < -0.39 is 0 Å². The van der Waals surface area contributed by atoms with Crippen LogP contribution in [0.15, 0.2) is 22.7 Å². The molecule has 0 unspecified atom stereocenters. The summed E-state index contributed by atoms with van der Waals surface area (Å²) in [5.74, 6) is 0.624. The second-order valence-electron chi connectivity index (χ2n) is 7.38. The third-order valence-electron chi connectivity index (χ3n) is 6.17. The molecule has 3 heterocycles. The maximum Gasteiger partial charge on any atom is 0.226 e. The molecule has 1 amide bonds. The maximum atomic E-state index is 13.2. The molecule has 1 N–H and O–H groups in total. The van der Waals surface area contributed by atoms with E-state index in [1.54, 1.807) is 0 Å². The molecule has 2 fully saturated rings. The number of halogens is 1. The third-order valence-corrected chi connectivity index (χ3v) is 6.66. The van der Waals surface area contributed by atoms with E-state index in [0.29, 0.717) is 13.2 Å². The number of nitrogens with zero attached hydrogens (tertiary/aromatic N) is 2. The van der Waals surface area contributed by atoms with Crippen molar-refractivity contribution < 1.29 is 14.6 Å². The van der Waals surface area contributed by atoms with E-state index in [1.807, 2.05) is 13.1 Å². The Morgan fingerprint density at radius 2 is 2.08 bits per heavy atom. The predicted octanol–water partition coefficient (Wildman–Crippen LogP) is 2.58. The fraction of sp³-hybridized carbons (Fsp3) is 0.632. The van der Waals surface area contributed by atoms with Gasteiger partial charge in [-0.05, 0) is 43.0 Å². The molecule has 6 heteroatoms. The number of hydrogen-bond acceptors (Lipinski definition) is 4. The normalized spacial score (nSPS) is 29.5. The Labute approximate surface area is 157 Å². The molecule has 3 atom stereocenters. The molecule has 5 nitrogen and oxygen atoms in total. The summed E-state index contributed by atoms with van der Waals surface area (Å²) in [6, 6.07) is 6.40. The zero-order valence-electron chi connectivity index (χ0n) is 14.5. The molecule has 0 aliphatic carbocycles. The first-order chi connectivity index (χ1) is 12.1. The average Bonchev–Trinajstić information content (AvgIpc) is 3.07. The van der Waals surface area contributed by atoms with Crippen LogP contribution in [0.5, 0.6) is 0 Å². The van der Waals surface area contributed by atoms with Gasteiger partial charge in [0, 0.05) is 48.8 Å². The van der Waals surface area contributed by atoms with Gasteiger partial charge in [0.1, 0.15) is 0 Å². The van der Waals surface area contributed by atoms with E-state index in [0.717, 1.165) is 36.0 Å². The molecular formula is C19H25BrN2O3. The molecular weight excluding hydrogens is 384 g/mol. The summed E-state index contributed by atoms with van der Waals surface area (Å²) in [6.07, 6.45) is 2.59. The minimum atomic E-state index is 0.0613. The van der Waals surface area contributed by atoms with Gasteiger partial charge in [0.25, 0.3) is 0 Å². The van der Waals surface area contributed by atoms with Crippen LogP contribution < -0.4 is 4.90 Å². The molecule has 3 aliphatic rings. The van der Waals surface area contributed by atoms with Crippen LogP contribution in [0.2, 0.25) is 0 Å². The van der Waals surface area contributed by atoms with Crippen LogP contribution in [0.1, 0.15) is 30.9 Å². The number of fused-ring (bicyclic) bond motifs is 3. The average molecular weight is 409 g/mol. The van der Waals surface area contributed by atoms with Gasteiger partial charge in [-0.3, -0.25) is 4.79 Å². The number of ether oxygens (including phenoxy) is 1. The summed E-state index contributed by atoms with van der Waals surface area (Å²) in [6.45, 7) is 2.26. The van der Waals surface area contributed by atoms with E-state index >= 15 is 0 Å². The highest BCUT2D eigenvalue weighted by Gasteiger charge is 2.48. The predicted molar refractivity (Wildman–Crippen MR) is 99.5 cm³/mol. The summed E-state index contributed by atoms with van der Waals surface area (Å²) in [7, 11) is 2.05. The van der Waals surface area contributed by atoms with E-state index in [1.165, 1.54) is 5.56 Å². The molecule has 2 saturated heterocycles. The lowest BCUT2D eigenvalue weighted by Gasteiger charge is -2.45. The SMILES string of the molecule is CN1c2ccc(Br)cc2[C@@H]2[C@@H](CCN2C(=O)C2CCOCC2)[C@@H]1CO. The summed E-state index contributed by atoms with van der Waals surface area (Å²) in [5.41, 5.74) is 2.32. The van der Waals surface area contributed by atoms with Gasteiger partial charge in [-0.2, -0.15) is 0 Å². The van der Waals surface area contributed by atoms with Crippen molar-refractivity contribution in [2.45, 2.75) is 31.3 Å². The molecule has 0 spiro atoms. The Hall–Kier alpha value is -1.11. The number of carbonyl (C=O) groups excluding carboxylic acids is 1. The smallest absolute Gasteiger partial charge is 0.226 e. The third kappa shape index (κ3) is 2.88. The summed E-state index contributed by atoms with van der Waals surface area (Å²) < 4.78 is 6.46. The van der Waals surface area contributed by atoms with Crippen molar-refractivity contribution in [1.82, 2.24) is 4.90 Å². The largest absolute Gasteiger partial charge is 0.394 e. The minimum absolute atomic E-state index is 0.0613. The minimum Gasteiger partial charge on any atom is -0.394 e. The maximum absolute atomic E-state index is 13.2. The lowest BCUT2D eigenvalue weighted by Crippen LogP contribution is -2.49. The van der Waals surface area contributed by atoms with E-state index in [2.05, 4.69) is 37.9 Å². The topological polar surface area (TPSA) is 53.0 Å². The number of amides is 1. The number of anilines is 1. The number of likely N-dealkylation sites (N-methyl/N-ethyl adjacent to an activating group) is 1. The Bertz CT molecular complexity index is 662. The van der Waals surface area contributed by atoms with E-state index in [-0.39, 0.29) is 36.4 Å². The van der Waals surface area contributed by atoms with E-state index in [9.17, 15) is 9.90 Å². The van der Waals surface area contributed by atoms with Gasteiger partial charge in [-0.25, -0.2) is 0 Å². The summed E-state index contributed by atoms with van der Waals surface area (Å²) in [4.78, 5) is 17.5. The highest BCUT2D eigenvalue weighted by Crippen LogP contribution is 2.49. The number of carbonyl (C=O) groups is 1. The molecule has 0 aromatic heterocycles. The van der Waals surface area contributed by atoms with Crippen molar-refractivity contribution in [2.75, 3.05) is 38.3 Å². The molecule has 0 radical (unpaired) electrons. The van der Waals surface area contributed by atoms with Gasteiger partial charge in [0.2, 0.25) is 5.91 Å². The Balaban J connectivity index is 1.71. The number of likely N-dealkylation sites (tertiary alicyclic amines) is 1. The quantitative estimate of drug-likeness (QED) is 0.816. The number of benzene rings is 1. The van der Waals surface area contributed by atoms with Gasteiger partial charge >= 0.3 is 0 Å². The first kappa shape index (κ1) is 17.3. The van der Waals surface area contributed by atoms with Crippen molar-refractivity contribution in [3.05, 3.63) is 28.2 Å². The van der Waals surface area contributed by atoms with Crippen LogP contribution in [0.3, 0.4) is 0 Å². The van der Waals surface area contributed by atoms with Gasteiger partial charge in [0.15, 0.2) is 0 Å². The number of aliphatic hydroxyl groups excluding tert-OH is 1. The van der Waals surface area contributed by atoms with Crippen LogP contribution in [-0.2, 0) is 9.53 Å². The van der Waals surface area contributed by atoms with Crippen molar-refractivity contribution in [2.24, 2.45) is 11.8 Å². The Kier molecular flexibility index (Phi) is 4.77. The first-order valence-electron chi connectivity index (χ1n) is 9.13. The first-order valence-corrected chi connectivity index (χ1v) is 9.92. The van der Waals surface area contributed by atoms with Gasteiger partial charge in [-0.15, -0.1) is 0 Å². The van der Waals surface area contributed by atoms with Gasteiger partial charge in [-0.1, -0.05) is 15.9 Å². The van der Waals surface area contributed by atoms with Crippen LogP contribution in [-0.4, -0.2) is 55.4 Å². The molecule has 1 aromatic rings. The van der Waals surface area contributed by atoms with Crippen molar-refractivity contribution >= 4 is 27.5 Å². The van der Waals surface area contributed by atoms with Crippen molar-refractivity contribution in [1.29, 1.82) is 0 Å². The molecule has 4 rings (SSSR count). The summed E-state index contributed by atoms with van der Waals surface area (Å²) >= 11 is 3.59. The van der Waals surface area contributed by atoms with Crippen LogP contribution in [0.4, 0.5) is 5.69 Å². The highest BCUT2D eigenvalue weighted by atomic mass is 79.9. The van der Waals surface area contributed by atoms with Crippen molar-refractivity contribution in [3.63, 3.8) is 0 Å². The van der Waals surface area contributed by atoms with Crippen LogP contribution >= 0.6 is 15.9 Å². The monoisotopic (exact) mass is 408 g/mol. The molecule has 3 aliphatic heterocycles. The van der Waals surface area contributed by atoms with Crippen LogP contribution in [0, 0.1) is 11.8 Å². The second kappa shape index (κ2) is 6.89. The lowest BCUT2D eigenvalue weighted by molar-refractivity contribution is -0.140. The molecule has 25 heavy (non-hydrogen) atoms. The Morgan fingerprint density at radius 1 is 1.32 bits per heavy atom. The second-order valence-corrected chi connectivity index (χ2v) is 8.30. The highest BCUT2D eigenvalue weighted by molar-refractivity contribution is 9.10. The number of rotatable bonds is 2. The lowest BCUT2D eigenvalue weighted by atomic mass is 9.81. The van der Waals surface area contributed by atoms with Crippen molar-refractivity contribution in [3.8, 4) is 0 Å². The standard InChI is InChI=1S/C19H25BrN2O3/c1-21-16-3-2-13(20)10-15(16)18-14(17(21)11-23)4-7-22(18)19(24)12-5-8-25-9-6-12/h2-3,10,12,14,17-18,23H,4-9,11H2,1H3/t14-,17-,18-/m0/s1.